The van der Waals surface area contributed by atoms with E-state index in [9.17, 15) is 4.79 Å². The summed E-state index contributed by atoms with van der Waals surface area (Å²) in [6, 6.07) is 8.16. The van der Waals surface area contributed by atoms with Gasteiger partial charge in [0, 0.05) is 5.56 Å². The third-order valence-corrected chi connectivity index (χ3v) is 4.40. The van der Waals surface area contributed by atoms with Crippen LogP contribution in [0.25, 0.3) is 0 Å². The third-order valence-electron chi connectivity index (χ3n) is 4.40. The molecule has 2 saturated carbocycles. The first-order valence-electron chi connectivity index (χ1n) is 5.89. The van der Waals surface area contributed by atoms with Gasteiger partial charge >= 0.3 is 0 Å². The van der Waals surface area contributed by atoms with Crippen LogP contribution in [0, 0.1) is 5.92 Å². The summed E-state index contributed by atoms with van der Waals surface area (Å²) in [6.07, 6.45) is 7.67. The highest BCUT2D eigenvalue weighted by molar-refractivity contribution is 5.78. The Hall–Kier alpha value is -1.11. The number of hydrogen-bond donors (Lipinski definition) is 0. The Morgan fingerprint density at radius 1 is 1.20 bits per heavy atom. The van der Waals surface area contributed by atoms with Crippen molar-refractivity contribution < 1.29 is 4.79 Å². The van der Waals surface area contributed by atoms with Crippen molar-refractivity contribution in [2.45, 2.75) is 37.5 Å². The molecule has 15 heavy (non-hydrogen) atoms. The van der Waals surface area contributed by atoms with Crippen LogP contribution >= 0.6 is 0 Å². The van der Waals surface area contributed by atoms with Gasteiger partial charge in [-0.05, 0) is 49.0 Å². The van der Waals surface area contributed by atoms with Crippen LogP contribution in [0.2, 0.25) is 0 Å². The molecule has 0 saturated heterocycles. The molecule has 1 nitrogen and oxygen atoms in total. The lowest BCUT2D eigenvalue weighted by Gasteiger charge is -2.28. The fourth-order valence-electron chi connectivity index (χ4n) is 3.65. The number of carbonyl (C=O) groups excluding carboxylic acids is 1. The zero-order chi connectivity index (χ0) is 10.3. The van der Waals surface area contributed by atoms with Crippen LogP contribution in [0.5, 0.6) is 0 Å². The largest absolute Gasteiger partial charge is 0.298 e. The molecular formula is C14H16O. The summed E-state index contributed by atoms with van der Waals surface area (Å²) in [7, 11) is 0. The Labute approximate surface area is 90.5 Å². The normalized spacial score (nSPS) is 33.2. The fourth-order valence-corrected chi connectivity index (χ4v) is 3.65. The molecular weight excluding hydrogens is 184 g/mol. The minimum absolute atomic E-state index is 0.363. The predicted molar refractivity (Wildman–Crippen MR) is 60.1 cm³/mol. The van der Waals surface area contributed by atoms with Crippen LogP contribution in [0.1, 0.15) is 48.0 Å². The zero-order valence-corrected chi connectivity index (χ0v) is 8.91. The zero-order valence-electron chi connectivity index (χ0n) is 8.91. The maximum Gasteiger partial charge on any atom is 0.150 e. The van der Waals surface area contributed by atoms with E-state index < -0.39 is 0 Å². The van der Waals surface area contributed by atoms with E-state index in [1.54, 1.807) is 0 Å². The monoisotopic (exact) mass is 200 g/mol. The van der Waals surface area contributed by atoms with Gasteiger partial charge in [-0.3, -0.25) is 4.79 Å². The van der Waals surface area contributed by atoms with E-state index in [1.165, 1.54) is 37.7 Å². The number of benzene rings is 1. The van der Waals surface area contributed by atoms with Gasteiger partial charge < -0.3 is 0 Å². The van der Waals surface area contributed by atoms with Crippen LogP contribution in [0.4, 0.5) is 0 Å². The first-order valence-corrected chi connectivity index (χ1v) is 5.89. The van der Waals surface area contributed by atoms with Gasteiger partial charge in [0.05, 0.1) is 0 Å². The minimum Gasteiger partial charge on any atom is -0.298 e. The predicted octanol–water partition coefficient (Wildman–Crippen LogP) is 3.33. The molecule has 0 aromatic heterocycles. The van der Waals surface area contributed by atoms with E-state index >= 15 is 0 Å². The number of fused-ring (bicyclic) bond motifs is 2. The van der Waals surface area contributed by atoms with Gasteiger partial charge in [0.25, 0.3) is 0 Å². The summed E-state index contributed by atoms with van der Waals surface area (Å²) in [5.41, 5.74) is 2.60. The maximum absolute atomic E-state index is 11.1. The van der Waals surface area contributed by atoms with Gasteiger partial charge in [-0.25, -0.2) is 0 Å². The molecule has 0 aliphatic heterocycles. The van der Waals surface area contributed by atoms with Crippen molar-refractivity contribution in [2.75, 3.05) is 0 Å². The summed E-state index contributed by atoms with van der Waals surface area (Å²) in [5, 5.41) is 0. The van der Waals surface area contributed by atoms with Gasteiger partial charge in [-0.1, -0.05) is 24.3 Å². The van der Waals surface area contributed by atoms with E-state index in [1.807, 2.05) is 12.1 Å². The maximum atomic E-state index is 11.1. The Morgan fingerprint density at radius 3 is 2.53 bits per heavy atom. The Bertz CT molecular complexity index is 386. The molecule has 2 aliphatic rings. The van der Waals surface area contributed by atoms with Gasteiger partial charge in [-0.15, -0.1) is 0 Å². The smallest absolute Gasteiger partial charge is 0.150 e. The fraction of sp³-hybridized carbons (Fsp3) is 0.500. The highest BCUT2D eigenvalue weighted by Gasteiger charge is 2.46. The summed E-state index contributed by atoms with van der Waals surface area (Å²) >= 11 is 0. The van der Waals surface area contributed by atoms with E-state index in [4.69, 9.17) is 0 Å². The molecule has 78 valence electrons. The molecule has 0 N–H and O–H groups in total. The quantitative estimate of drug-likeness (QED) is 0.669. The standard InChI is InChI=1S/C14H16O/c15-10-12-3-1-2-4-13(12)14-7-5-11(9-14)6-8-14/h1-4,10-11H,5-9H2. The molecule has 3 rings (SSSR count). The first-order chi connectivity index (χ1) is 7.34. The van der Waals surface area contributed by atoms with Gasteiger partial charge in [0.1, 0.15) is 6.29 Å². The van der Waals surface area contributed by atoms with Crippen molar-refractivity contribution in [1.82, 2.24) is 0 Å². The second-order valence-corrected chi connectivity index (χ2v) is 5.13. The average Bonchev–Trinajstić information content (AvgIpc) is 2.90. The average molecular weight is 200 g/mol. The Kier molecular flexibility index (Phi) is 1.95. The summed E-state index contributed by atoms with van der Waals surface area (Å²) in [6.45, 7) is 0. The molecule has 2 fully saturated rings. The van der Waals surface area contributed by atoms with Crippen LogP contribution in [-0.2, 0) is 5.41 Å². The number of rotatable bonds is 2. The molecule has 0 unspecified atom stereocenters. The number of carbonyl (C=O) groups is 1. The lowest BCUT2D eigenvalue weighted by atomic mass is 9.76. The summed E-state index contributed by atoms with van der Waals surface area (Å²) in [5.74, 6) is 0.935. The summed E-state index contributed by atoms with van der Waals surface area (Å²) in [4.78, 5) is 11.1. The molecule has 2 bridgehead atoms. The van der Waals surface area contributed by atoms with Crippen LogP contribution in [0.15, 0.2) is 24.3 Å². The summed E-state index contributed by atoms with van der Waals surface area (Å²) < 4.78 is 0. The molecule has 1 heteroatoms. The molecule has 0 atom stereocenters. The molecule has 0 amide bonds. The second kappa shape index (κ2) is 3.19. The van der Waals surface area contributed by atoms with Crippen molar-refractivity contribution in [2.24, 2.45) is 5.92 Å². The van der Waals surface area contributed by atoms with Crippen LogP contribution < -0.4 is 0 Å². The highest BCUT2D eigenvalue weighted by atomic mass is 16.1. The topological polar surface area (TPSA) is 17.1 Å². The second-order valence-electron chi connectivity index (χ2n) is 5.13. The molecule has 2 aliphatic carbocycles. The van der Waals surface area contributed by atoms with Gasteiger partial charge in [-0.2, -0.15) is 0 Å². The lowest BCUT2D eigenvalue weighted by molar-refractivity contribution is 0.112. The van der Waals surface area contributed by atoms with Crippen LogP contribution in [0.3, 0.4) is 0 Å². The van der Waals surface area contributed by atoms with E-state index in [-0.39, 0.29) is 0 Å². The van der Waals surface area contributed by atoms with Gasteiger partial charge in [0.2, 0.25) is 0 Å². The number of aldehydes is 1. The molecule has 0 heterocycles. The third kappa shape index (κ3) is 1.26. The Morgan fingerprint density at radius 2 is 1.93 bits per heavy atom. The minimum atomic E-state index is 0.363. The van der Waals surface area contributed by atoms with Crippen molar-refractivity contribution in [3.8, 4) is 0 Å². The van der Waals surface area contributed by atoms with Gasteiger partial charge in [0.15, 0.2) is 0 Å². The molecule has 0 spiro atoms. The SMILES string of the molecule is O=Cc1ccccc1C12CCC(CC1)C2. The van der Waals surface area contributed by atoms with Crippen LogP contribution in [-0.4, -0.2) is 6.29 Å². The molecule has 1 aromatic carbocycles. The Balaban J connectivity index is 2.08. The lowest BCUT2D eigenvalue weighted by Crippen LogP contribution is -2.21. The number of hydrogen-bond acceptors (Lipinski definition) is 1. The molecule has 0 radical (unpaired) electrons. The van der Waals surface area contributed by atoms with E-state index in [0.717, 1.165) is 17.8 Å². The highest BCUT2D eigenvalue weighted by Crippen LogP contribution is 2.55. The van der Waals surface area contributed by atoms with Crippen molar-refractivity contribution in [3.05, 3.63) is 35.4 Å². The first kappa shape index (κ1) is 9.14. The van der Waals surface area contributed by atoms with E-state index in [0.29, 0.717) is 5.41 Å². The van der Waals surface area contributed by atoms with E-state index in [2.05, 4.69) is 12.1 Å². The van der Waals surface area contributed by atoms with Crippen molar-refractivity contribution >= 4 is 6.29 Å². The van der Waals surface area contributed by atoms with Crippen molar-refractivity contribution in [3.63, 3.8) is 0 Å². The molecule has 1 aromatic rings. The van der Waals surface area contributed by atoms with Crippen molar-refractivity contribution in [1.29, 1.82) is 0 Å².